The van der Waals surface area contributed by atoms with Crippen LogP contribution in [0.2, 0.25) is 0 Å². The van der Waals surface area contributed by atoms with E-state index < -0.39 is 0 Å². The van der Waals surface area contributed by atoms with Crippen molar-refractivity contribution in [3.63, 3.8) is 0 Å². The highest BCUT2D eigenvalue weighted by Gasteiger charge is 2.25. The molecule has 0 radical (unpaired) electrons. The van der Waals surface area contributed by atoms with Crippen molar-refractivity contribution in [3.8, 4) is 5.75 Å². The maximum Gasteiger partial charge on any atom is 0.251 e. The Morgan fingerprint density at radius 2 is 1.75 bits per heavy atom. The Hall–Kier alpha value is -2.62. The van der Waals surface area contributed by atoms with Crippen molar-refractivity contribution in [1.29, 1.82) is 0 Å². The van der Waals surface area contributed by atoms with Crippen molar-refractivity contribution >= 4 is 11.7 Å². The Bertz CT molecular complexity index is 793. The zero-order valence-electron chi connectivity index (χ0n) is 14.2. The van der Waals surface area contributed by atoms with Crippen LogP contribution >= 0.6 is 0 Å². The van der Waals surface area contributed by atoms with Gasteiger partial charge in [-0.15, -0.1) is 0 Å². The second kappa shape index (κ2) is 6.48. The zero-order valence-corrected chi connectivity index (χ0v) is 14.2. The van der Waals surface area contributed by atoms with Crippen LogP contribution in [0.3, 0.4) is 0 Å². The summed E-state index contributed by atoms with van der Waals surface area (Å²) in [6.07, 6.45) is 0.743. The normalized spacial score (nSPS) is 16.0. The molecule has 0 aromatic heterocycles. The number of amides is 1. The Balaban J connectivity index is 1.82. The van der Waals surface area contributed by atoms with Gasteiger partial charge in [-0.2, -0.15) is 0 Å². The quantitative estimate of drug-likeness (QED) is 0.875. The Morgan fingerprint density at radius 1 is 1.08 bits per heavy atom. The first kappa shape index (κ1) is 16.2. The number of ether oxygens (including phenoxy) is 1. The molecule has 0 fully saturated rings. The molecule has 1 N–H and O–H groups in total. The van der Waals surface area contributed by atoms with Crippen molar-refractivity contribution in [1.82, 2.24) is 5.32 Å². The second-order valence-electron chi connectivity index (χ2n) is 6.30. The molecule has 0 bridgehead atoms. The lowest BCUT2D eigenvalue weighted by Gasteiger charge is -2.28. The molecule has 1 atom stereocenters. The van der Waals surface area contributed by atoms with Crippen LogP contribution < -0.4 is 10.1 Å². The topological polar surface area (TPSA) is 55.4 Å². The van der Waals surface area contributed by atoms with Crippen LogP contribution in [-0.2, 0) is 0 Å². The molecule has 1 aliphatic rings. The molecule has 4 heteroatoms. The fourth-order valence-corrected chi connectivity index (χ4v) is 3.13. The van der Waals surface area contributed by atoms with Gasteiger partial charge in [-0.1, -0.05) is 29.8 Å². The van der Waals surface area contributed by atoms with Gasteiger partial charge in [0.1, 0.15) is 5.75 Å². The van der Waals surface area contributed by atoms with Crippen molar-refractivity contribution in [2.24, 2.45) is 0 Å². The second-order valence-corrected chi connectivity index (χ2v) is 6.30. The highest BCUT2D eigenvalue weighted by Crippen LogP contribution is 2.35. The van der Waals surface area contributed by atoms with Gasteiger partial charge in [-0.3, -0.25) is 9.59 Å². The van der Waals surface area contributed by atoms with E-state index in [4.69, 9.17) is 4.74 Å². The average Bonchev–Trinajstić information content (AvgIpc) is 2.55. The van der Waals surface area contributed by atoms with E-state index in [0.29, 0.717) is 17.7 Å². The standard InChI is InChI=1S/C20H21NO3/c1-12-10-13(2)19-17(11-12)18(8-9-24-19)21-20(23)16-6-4-15(5-7-16)14(3)22/h4-7,10-11,18H,8-9H2,1-3H3,(H,21,23). The highest BCUT2D eigenvalue weighted by atomic mass is 16.5. The summed E-state index contributed by atoms with van der Waals surface area (Å²) in [7, 11) is 0. The summed E-state index contributed by atoms with van der Waals surface area (Å²) in [4.78, 5) is 23.9. The Labute approximate surface area is 141 Å². The fourth-order valence-electron chi connectivity index (χ4n) is 3.13. The summed E-state index contributed by atoms with van der Waals surface area (Å²) in [5, 5.41) is 3.09. The molecule has 0 saturated heterocycles. The molecular weight excluding hydrogens is 302 g/mol. The van der Waals surface area contributed by atoms with Crippen LogP contribution in [0.15, 0.2) is 36.4 Å². The monoisotopic (exact) mass is 323 g/mol. The molecule has 3 rings (SSSR count). The lowest BCUT2D eigenvalue weighted by Crippen LogP contribution is -2.32. The van der Waals surface area contributed by atoms with Gasteiger partial charge in [0, 0.05) is 23.1 Å². The van der Waals surface area contributed by atoms with Crippen LogP contribution in [0.5, 0.6) is 5.75 Å². The minimum absolute atomic E-state index is 0.00809. The first-order valence-corrected chi connectivity index (χ1v) is 8.11. The van der Waals surface area contributed by atoms with Gasteiger partial charge in [0.25, 0.3) is 5.91 Å². The van der Waals surface area contributed by atoms with Crippen LogP contribution in [0.1, 0.15) is 56.8 Å². The number of nitrogens with one attached hydrogen (secondary N) is 1. The van der Waals surface area contributed by atoms with Gasteiger partial charge < -0.3 is 10.1 Å². The molecular formula is C20H21NO3. The number of rotatable bonds is 3. The molecule has 4 nitrogen and oxygen atoms in total. The Morgan fingerprint density at radius 3 is 2.42 bits per heavy atom. The maximum absolute atomic E-state index is 12.5. The number of hydrogen-bond donors (Lipinski definition) is 1. The molecule has 0 aliphatic carbocycles. The number of carbonyl (C=O) groups is 2. The predicted molar refractivity (Wildman–Crippen MR) is 92.7 cm³/mol. The number of benzene rings is 2. The average molecular weight is 323 g/mol. The van der Waals surface area contributed by atoms with Crippen LogP contribution in [0, 0.1) is 13.8 Å². The third kappa shape index (κ3) is 3.18. The van der Waals surface area contributed by atoms with Crippen molar-refractivity contribution in [3.05, 3.63) is 64.2 Å². The predicted octanol–water partition coefficient (Wildman–Crippen LogP) is 3.76. The summed E-state index contributed by atoms with van der Waals surface area (Å²) >= 11 is 0. The number of ketones is 1. The van der Waals surface area contributed by atoms with Gasteiger partial charge in [0.05, 0.1) is 12.6 Å². The summed E-state index contributed by atoms with van der Waals surface area (Å²) in [6, 6.07) is 10.8. The number of fused-ring (bicyclic) bond motifs is 1. The highest BCUT2D eigenvalue weighted by molar-refractivity contribution is 5.97. The number of hydrogen-bond acceptors (Lipinski definition) is 3. The van der Waals surface area contributed by atoms with Crippen LogP contribution in [0.25, 0.3) is 0 Å². The van der Waals surface area contributed by atoms with E-state index in [1.54, 1.807) is 24.3 Å². The molecule has 24 heavy (non-hydrogen) atoms. The van der Waals surface area contributed by atoms with E-state index in [-0.39, 0.29) is 17.7 Å². The summed E-state index contributed by atoms with van der Waals surface area (Å²) < 4.78 is 5.78. The van der Waals surface area contributed by atoms with E-state index in [2.05, 4.69) is 17.4 Å². The third-order valence-electron chi connectivity index (χ3n) is 4.33. The van der Waals surface area contributed by atoms with Gasteiger partial charge in [0.2, 0.25) is 0 Å². The van der Waals surface area contributed by atoms with Gasteiger partial charge in [0.15, 0.2) is 5.78 Å². The number of Topliss-reactive ketones (excluding diaryl/α,β-unsaturated/α-hetero) is 1. The molecule has 1 unspecified atom stereocenters. The van der Waals surface area contributed by atoms with E-state index in [1.807, 2.05) is 13.8 Å². The van der Waals surface area contributed by atoms with Gasteiger partial charge in [-0.25, -0.2) is 0 Å². The molecule has 1 heterocycles. The minimum atomic E-state index is -0.137. The third-order valence-corrected chi connectivity index (χ3v) is 4.33. The number of aryl methyl sites for hydroxylation is 2. The minimum Gasteiger partial charge on any atom is -0.493 e. The van der Waals surface area contributed by atoms with Crippen molar-refractivity contribution in [2.75, 3.05) is 6.61 Å². The molecule has 1 aliphatic heterocycles. The van der Waals surface area contributed by atoms with Crippen LogP contribution in [0.4, 0.5) is 0 Å². The maximum atomic E-state index is 12.5. The van der Waals surface area contributed by atoms with E-state index in [9.17, 15) is 9.59 Å². The zero-order chi connectivity index (χ0) is 17.3. The first-order chi connectivity index (χ1) is 11.5. The SMILES string of the molecule is CC(=O)c1ccc(C(=O)NC2CCOc3c(C)cc(C)cc32)cc1. The molecule has 0 spiro atoms. The summed E-state index contributed by atoms with van der Waals surface area (Å²) in [5.41, 5.74) is 4.44. The fraction of sp³-hybridized carbons (Fsp3) is 0.300. The first-order valence-electron chi connectivity index (χ1n) is 8.11. The molecule has 2 aromatic carbocycles. The van der Waals surface area contributed by atoms with Gasteiger partial charge >= 0.3 is 0 Å². The van der Waals surface area contributed by atoms with E-state index in [1.165, 1.54) is 6.92 Å². The van der Waals surface area contributed by atoms with Gasteiger partial charge in [-0.05, 0) is 38.5 Å². The molecule has 124 valence electrons. The van der Waals surface area contributed by atoms with E-state index in [0.717, 1.165) is 28.9 Å². The summed E-state index contributed by atoms with van der Waals surface area (Å²) in [5.74, 6) is 0.734. The van der Waals surface area contributed by atoms with Crippen LogP contribution in [-0.4, -0.2) is 18.3 Å². The number of carbonyl (C=O) groups excluding carboxylic acids is 2. The van der Waals surface area contributed by atoms with E-state index >= 15 is 0 Å². The lowest BCUT2D eigenvalue weighted by molar-refractivity contribution is 0.0923. The van der Waals surface area contributed by atoms with Crippen molar-refractivity contribution < 1.29 is 14.3 Å². The molecule has 1 amide bonds. The smallest absolute Gasteiger partial charge is 0.251 e. The Kier molecular flexibility index (Phi) is 4.38. The van der Waals surface area contributed by atoms with Crippen molar-refractivity contribution in [2.45, 2.75) is 33.2 Å². The molecule has 2 aromatic rings. The largest absolute Gasteiger partial charge is 0.493 e. The lowest BCUT2D eigenvalue weighted by atomic mass is 9.95. The molecule has 0 saturated carbocycles. The summed E-state index contributed by atoms with van der Waals surface area (Å²) in [6.45, 7) is 6.17.